The van der Waals surface area contributed by atoms with Gasteiger partial charge in [-0.1, -0.05) is 20.8 Å². The van der Waals surface area contributed by atoms with E-state index < -0.39 is 35.4 Å². The number of imidazole rings is 2. The number of benzene rings is 3. The Hall–Kier alpha value is -4.16. The highest BCUT2D eigenvalue weighted by Gasteiger charge is 2.40. The molecule has 0 radical (unpaired) electrons. The van der Waals surface area contributed by atoms with Crippen molar-refractivity contribution in [2.24, 2.45) is 11.3 Å². The number of nitrogens with zero attached hydrogens (tertiary/aromatic N) is 4. The standard InChI is InChI=1S/C41H48F4N8/c1-41(2,3)22-10-14-52(15-11-22)38-28(44)16-23(17-29(38)45)53-36(24-18-32-34(20-26(24)42)50-39(48-32)30-6-4-12-46-30)8-9-37(53)25-19-33-35(21-27(25)43)51-40(49-33)31-7-5-13-47-31/h16-22,30-31,36-37,46-47H,4-15H2,1-3H3,(H,48,50)(H,49,51)/t30-,31-,36+,37?/m0/s1. The third-order valence-electron chi connectivity index (χ3n) is 12.5. The number of piperidine rings is 1. The number of nitrogens with one attached hydrogen (secondary N) is 4. The summed E-state index contributed by atoms with van der Waals surface area (Å²) in [5, 5.41) is 6.87. The van der Waals surface area contributed by atoms with E-state index in [1.807, 2.05) is 4.90 Å². The summed E-state index contributed by atoms with van der Waals surface area (Å²) in [4.78, 5) is 19.8. The van der Waals surface area contributed by atoms with E-state index in [2.05, 4.69) is 41.4 Å². The molecule has 9 rings (SSSR count). The van der Waals surface area contributed by atoms with Gasteiger partial charge in [0.25, 0.3) is 0 Å². The molecule has 4 fully saturated rings. The normalized spacial score (nSPS) is 24.4. The topological polar surface area (TPSA) is 87.9 Å². The van der Waals surface area contributed by atoms with Crippen LogP contribution in [0.5, 0.6) is 0 Å². The van der Waals surface area contributed by atoms with Gasteiger partial charge >= 0.3 is 0 Å². The third kappa shape index (κ3) is 6.25. The van der Waals surface area contributed by atoms with Crippen LogP contribution in [0.25, 0.3) is 22.1 Å². The zero-order chi connectivity index (χ0) is 36.6. The Labute approximate surface area is 307 Å². The lowest BCUT2D eigenvalue weighted by Crippen LogP contribution is -2.39. The van der Waals surface area contributed by atoms with Gasteiger partial charge in [0, 0.05) is 42.0 Å². The Balaban J connectivity index is 1.11. The largest absolute Gasteiger partial charge is 0.367 e. The molecule has 5 aromatic rings. The molecule has 12 heteroatoms. The molecule has 0 amide bonds. The van der Waals surface area contributed by atoms with E-state index in [1.54, 1.807) is 17.0 Å². The fourth-order valence-corrected chi connectivity index (χ4v) is 9.57. The minimum atomic E-state index is -0.671. The predicted octanol–water partition coefficient (Wildman–Crippen LogP) is 9.19. The smallest absolute Gasteiger partial charge is 0.151 e. The van der Waals surface area contributed by atoms with E-state index in [9.17, 15) is 0 Å². The van der Waals surface area contributed by atoms with Gasteiger partial charge in [-0.2, -0.15) is 0 Å². The molecule has 0 bridgehead atoms. The van der Waals surface area contributed by atoms with Crippen molar-refractivity contribution in [2.45, 2.75) is 96.3 Å². The van der Waals surface area contributed by atoms with E-state index in [1.165, 1.54) is 24.3 Å². The summed E-state index contributed by atoms with van der Waals surface area (Å²) >= 11 is 0. The van der Waals surface area contributed by atoms with Crippen LogP contribution in [0.3, 0.4) is 0 Å². The molecule has 0 spiro atoms. The van der Waals surface area contributed by atoms with Gasteiger partial charge in [0.05, 0.1) is 46.2 Å². The predicted molar refractivity (Wildman–Crippen MR) is 200 cm³/mol. The van der Waals surface area contributed by atoms with Crippen molar-refractivity contribution in [3.05, 3.63) is 82.4 Å². The lowest BCUT2D eigenvalue weighted by molar-refractivity contribution is 0.198. The van der Waals surface area contributed by atoms with Crippen LogP contribution < -0.4 is 20.4 Å². The van der Waals surface area contributed by atoms with Crippen LogP contribution in [0, 0.1) is 34.6 Å². The number of aromatic amines is 2. The zero-order valence-electron chi connectivity index (χ0n) is 30.6. The SMILES string of the molecule is CC(C)(C)C1CCN(c2c(F)cc(N3C(c4cc5[nH]c([C@@H]6CCCN6)nc5cc4F)CC[C@@H]3c3cc4[nH]c([C@@H]5CCCN5)nc4cc3F)cc2F)CC1. The number of fused-ring (bicyclic) bond motifs is 2. The second-order valence-electron chi connectivity index (χ2n) is 16.7. The maximum absolute atomic E-state index is 16.3. The monoisotopic (exact) mass is 728 g/mol. The molecule has 0 aliphatic carbocycles. The average molecular weight is 729 g/mol. The van der Waals surface area contributed by atoms with Crippen LogP contribution in [-0.4, -0.2) is 46.1 Å². The lowest BCUT2D eigenvalue weighted by Gasteiger charge is -2.40. The summed E-state index contributed by atoms with van der Waals surface area (Å²) in [5.74, 6) is -0.251. The number of H-pyrrole nitrogens is 2. The fraction of sp³-hybridized carbons (Fsp3) is 0.512. The van der Waals surface area contributed by atoms with Crippen LogP contribution in [0.15, 0.2) is 36.4 Å². The van der Waals surface area contributed by atoms with Gasteiger partial charge in [-0.15, -0.1) is 0 Å². The lowest BCUT2D eigenvalue weighted by atomic mass is 9.75. The zero-order valence-corrected chi connectivity index (χ0v) is 30.6. The Bertz CT molecular complexity index is 2020. The van der Waals surface area contributed by atoms with Gasteiger partial charge in [-0.05, 0) is 100 Å². The van der Waals surface area contributed by atoms with Crippen molar-refractivity contribution >= 4 is 33.4 Å². The summed E-state index contributed by atoms with van der Waals surface area (Å²) in [6, 6.07) is 8.03. The number of rotatable bonds is 6. The molecule has 4 aliphatic heterocycles. The molecule has 4 N–H and O–H groups in total. The summed E-state index contributed by atoms with van der Waals surface area (Å²) in [6.07, 6.45) is 6.56. The Morgan fingerprint density at radius 2 is 1.11 bits per heavy atom. The number of hydrogen-bond acceptors (Lipinski definition) is 6. The average Bonchev–Trinajstić information content (AvgIpc) is 3.96. The highest BCUT2D eigenvalue weighted by Crippen LogP contribution is 2.50. The molecule has 6 heterocycles. The van der Waals surface area contributed by atoms with Gasteiger partial charge in [0.15, 0.2) is 11.6 Å². The Morgan fingerprint density at radius 3 is 1.55 bits per heavy atom. The first-order chi connectivity index (χ1) is 25.5. The van der Waals surface area contributed by atoms with E-state index in [4.69, 9.17) is 9.97 Å². The van der Waals surface area contributed by atoms with Crippen LogP contribution in [-0.2, 0) is 0 Å². The van der Waals surface area contributed by atoms with E-state index >= 15 is 17.6 Å². The molecule has 4 aliphatic rings. The van der Waals surface area contributed by atoms with E-state index in [0.29, 0.717) is 65.0 Å². The minimum absolute atomic E-state index is 0.0374. The molecular weight excluding hydrogens is 680 g/mol. The quantitative estimate of drug-likeness (QED) is 0.131. The van der Waals surface area contributed by atoms with Crippen LogP contribution in [0.4, 0.5) is 28.9 Å². The van der Waals surface area contributed by atoms with E-state index in [-0.39, 0.29) is 28.9 Å². The number of anilines is 2. The van der Waals surface area contributed by atoms with Crippen LogP contribution >= 0.6 is 0 Å². The second kappa shape index (κ2) is 13.3. The minimum Gasteiger partial charge on any atom is -0.367 e. The van der Waals surface area contributed by atoms with Gasteiger partial charge in [0.1, 0.15) is 29.0 Å². The van der Waals surface area contributed by atoms with Gasteiger partial charge in [0.2, 0.25) is 0 Å². The van der Waals surface area contributed by atoms with Crippen molar-refractivity contribution < 1.29 is 17.6 Å². The van der Waals surface area contributed by atoms with Gasteiger partial charge in [-0.25, -0.2) is 27.5 Å². The molecule has 2 aromatic heterocycles. The number of hydrogen-bond donors (Lipinski definition) is 4. The molecule has 53 heavy (non-hydrogen) atoms. The number of halogens is 4. The van der Waals surface area contributed by atoms with Crippen molar-refractivity contribution in [2.75, 3.05) is 36.0 Å². The Morgan fingerprint density at radius 1 is 0.623 bits per heavy atom. The van der Waals surface area contributed by atoms with Crippen molar-refractivity contribution in [3.8, 4) is 0 Å². The molecule has 3 aromatic carbocycles. The second-order valence-corrected chi connectivity index (χ2v) is 16.7. The first kappa shape index (κ1) is 34.6. The first-order valence-corrected chi connectivity index (χ1v) is 19.4. The molecule has 8 nitrogen and oxygen atoms in total. The highest BCUT2D eigenvalue weighted by molar-refractivity contribution is 5.78. The summed E-state index contributed by atoms with van der Waals surface area (Å²) in [5.41, 5.74) is 3.52. The summed E-state index contributed by atoms with van der Waals surface area (Å²) < 4.78 is 65.1. The van der Waals surface area contributed by atoms with Crippen molar-refractivity contribution in [1.82, 2.24) is 30.6 Å². The molecule has 0 saturated carbocycles. The maximum atomic E-state index is 16.3. The Kier molecular flexibility index (Phi) is 8.68. The van der Waals surface area contributed by atoms with Gasteiger partial charge < -0.3 is 30.4 Å². The van der Waals surface area contributed by atoms with Crippen molar-refractivity contribution in [3.63, 3.8) is 0 Å². The molecule has 1 unspecified atom stereocenters. The summed E-state index contributed by atoms with van der Waals surface area (Å²) in [6.45, 7) is 9.56. The fourth-order valence-electron chi connectivity index (χ4n) is 9.57. The highest BCUT2D eigenvalue weighted by atomic mass is 19.1. The van der Waals surface area contributed by atoms with Gasteiger partial charge in [-0.3, -0.25) is 0 Å². The first-order valence-electron chi connectivity index (χ1n) is 19.4. The molecule has 4 atom stereocenters. The maximum Gasteiger partial charge on any atom is 0.151 e. The molecule has 4 saturated heterocycles. The third-order valence-corrected chi connectivity index (χ3v) is 12.5. The molecule has 280 valence electrons. The summed E-state index contributed by atoms with van der Waals surface area (Å²) in [7, 11) is 0. The van der Waals surface area contributed by atoms with Crippen molar-refractivity contribution in [1.29, 1.82) is 0 Å². The van der Waals surface area contributed by atoms with Crippen LogP contribution in [0.2, 0.25) is 0 Å². The number of aromatic nitrogens is 4. The van der Waals surface area contributed by atoms with Crippen LogP contribution in [0.1, 0.15) is 119 Å². The van der Waals surface area contributed by atoms with E-state index in [0.717, 1.165) is 63.3 Å². The molecular formula is C41H48F4N8.